The van der Waals surface area contributed by atoms with E-state index in [4.69, 9.17) is 0 Å². The highest BCUT2D eigenvalue weighted by Gasteiger charge is 2.00. The third-order valence-corrected chi connectivity index (χ3v) is 3.00. The molecular formula is C11H19N3OS. The average molecular weight is 241 g/mol. The van der Waals surface area contributed by atoms with Gasteiger partial charge in [-0.25, -0.2) is 0 Å². The number of aryl methyl sites for hydroxylation is 1. The van der Waals surface area contributed by atoms with Gasteiger partial charge in [0, 0.05) is 24.9 Å². The summed E-state index contributed by atoms with van der Waals surface area (Å²) in [5.74, 6) is 2.10. The zero-order valence-corrected chi connectivity index (χ0v) is 10.7. The van der Waals surface area contributed by atoms with Gasteiger partial charge in [-0.05, 0) is 18.2 Å². The number of aromatic nitrogens is 2. The van der Waals surface area contributed by atoms with Crippen LogP contribution in [0.2, 0.25) is 0 Å². The number of carbonyl (C=O) groups is 1. The van der Waals surface area contributed by atoms with Gasteiger partial charge in [0.05, 0.1) is 12.7 Å². The van der Waals surface area contributed by atoms with Crippen molar-refractivity contribution < 1.29 is 4.79 Å². The molecule has 16 heavy (non-hydrogen) atoms. The first kappa shape index (κ1) is 13.1. The maximum atomic E-state index is 11.4. The van der Waals surface area contributed by atoms with Crippen molar-refractivity contribution in [2.24, 2.45) is 0 Å². The molecule has 5 heteroatoms. The van der Waals surface area contributed by atoms with Gasteiger partial charge in [0.1, 0.15) is 0 Å². The molecule has 0 atom stereocenters. The van der Waals surface area contributed by atoms with Crippen molar-refractivity contribution in [2.45, 2.75) is 26.8 Å². The molecule has 0 aliphatic rings. The summed E-state index contributed by atoms with van der Waals surface area (Å²) in [6.45, 7) is 5.49. The SMILES string of the molecule is CCSCCC(=O)NCCn1cc(C)cn1. The van der Waals surface area contributed by atoms with Crippen LogP contribution in [0.1, 0.15) is 18.9 Å². The van der Waals surface area contributed by atoms with Crippen molar-refractivity contribution in [3.8, 4) is 0 Å². The number of nitrogens with one attached hydrogen (secondary N) is 1. The number of thioether (sulfide) groups is 1. The number of rotatable bonds is 7. The van der Waals surface area contributed by atoms with E-state index in [0.717, 1.165) is 23.6 Å². The van der Waals surface area contributed by atoms with Crippen molar-refractivity contribution in [3.63, 3.8) is 0 Å². The normalized spacial score (nSPS) is 10.4. The highest BCUT2D eigenvalue weighted by Crippen LogP contribution is 2.00. The second-order valence-corrected chi connectivity index (χ2v) is 4.97. The molecule has 1 aromatic heterocycles. The lowest BCUT2D eigenvalue weighted by Crippen LogP contribution is -2.27. The minimum absolute atomic E-state index is 0.129. The zero-order chi connectivity index (χ0) is 11.8. The maximum absolute atomic E-state index is 11.4. The summed E-state index contributed by atoms with van der Waals surface area (Å²) in [5.41, 5.74) is 1.14. The van der Waals surface area contributed by atoms with Gasteiger partial charge in [-0.1, -0.05) is 6.92 Å². The largest absolute Gasteiger partial charge is 0.354 e. The summed E-state index contributed by atoms with van der Waals surface area (Å²) in [6, 6.07) is 0. The van der Waals surface area contributed by atoms with E-state index >= 15 is 0 Å². The molecular weight excluding hydrogens is 222 g/mol. The Hall–Kier alpha value is -0.970. The molecule has 0 bridgehead atoms. The number of carbonyl (C=O) groups excluding carboxylic acids is 1. The van der Waals surface area contributed by atoms with Crippen molar-refractivity contribution in [2.75, 3.05) is 18.1 Å². The minimum Gasteiger partial charge on any atom is -0.354 e. The van der Waals surface area contributed by atoms with Gasteiger partial charge in [-0.15, -0.1) is 0 Å². The molecule has 0 saturated heterocycles. The van der Waals surface area contributed by atoms with Crippen LogP contribution < -0.4 is 5.32 Å². The summed E-state index contributed by atoms with van der Waals surface area (Å²) in [5, 5.41) is 7.04. The average Bonchev–Trinajstić information content (AvgIpc) is 2.65. The van der Waals surface area contributed by atoms with Crippen molar-refractivity contribution in [3.05, 3.63) is 18.0 Å². The van der Waals surface area contributed by atoms with Crippen LogP contribution in [0.25, 0.3) is 0 Å². The quantitative estimate of drug-likeness (QED) is 0.735. The highest BCUT2D eigenvalue weighted by atomic mass is 32.2. The summed E-state index contributed by atoms with van der Waals surface area (Å²) < 4.78 is 1.84. The fraction of sp³-hybridized carbons (Fsp3) is 0.636. The molecule has 1 N–H and O–H groups in total. The van der Waals surface area contributed by atoms with E-state index in [2.05, 4.69) is 17.3 Å². The second-order valence-electron chi connectivity index (χ2n) is 3.58. The van der Waals surface area contributed by atoms with Gasteiger partial charge < -0.3 is 5.32 Å². The highest BCUT2D eigenvalue weighted by molar-refractivity contribution is 7.99. The van der Waals surface area contributed by atoms with Crippen LogP contribution in [0.3, 0.4) is 0 Å². The monoisotopic (exact) mass is 241 g/mol. The topological polar surface area (TPSA) is 46.9 Å². The first-order chi connectivity index (χ1) is 7.72. The predicted molar refractivity (Wildman–Crippen MR) is 67.6 cm³/mol. The molecule has 0 aliphatic carbocycles. The van der Waals surface area contributed by atoms with Crippen LogP contribution in [0.4, 0.5) is 0 Å². The number of hydrogen-bond donors (Lipinski definition) is 1. The Morgan fingerprint density at radius 2 is 2.44 bits per heavy atom. The Bertz CT molecular complexity index is 325. The molecule has 1 heterocycles. The van der Waals surface area contributed by atoms with Crippen LogP contribution in [-0.4, -0.2) is 33.7 Å². The van der Waals surface area contributed by atoms with Crippen molar-refractivity contribution >= 4 is 17.7 Å². The first-order valence-electron chi connectivity index (χ1n) is 5.56. The van der Waals surface area contributed by atoms with E-state index in [1.807, 2.05) is 24.0 Å². The lowest BCUT2D eigenvalue weighted by atomic mass is 10.4. The number of amides is 1. The van der Waals surface area contributed by atoms with E-state index in [1.54, 1.807) is 11.8 Å². The van der Waals surface area contributed by atoms with E-state index in [0.29, 0.717) is 13.0 Å². The Balaban J connectivity index is 2.08. The third-order valence-electron chi connectivity index (χ3n) is 2.10. The first-order valence-corrected chi connectivity index (χ1v) is 6.71. The van der Waals surface area contributed by atoms with Crippen LogP contribution in [0, 0.1) is 6.92 Å². The lowest BCUT2D eigenvalue weighted by molar-refractivity contribution is -0.120. The summed E-state index contributed by atoms with van der Waals surface area (Å²) >= 11 is 1.79. The van der Waals surface area contributed by atoms with Crippen LogP contribution in [0.15, 0.2) is 12.4 Å². The van der Waals surface area contributed by atoms with E-state index in [-0.39, 0.29) is 5.91 Å². The minimum atomic E-state index is 0.129. The van der Waals surface area contributed by atoms with Gasteiger partial charge in [0.2, 0.25) is 5.91 Å². The lowest BCUT2D eigenvalue weighted by Gasteiger charge is -2.04. The van der Waals surface area contributed by atoms with Gasteiger partial charge in [0.25, 0.3) is 0 Å². The molecule has 0 radical (unpaired) electrons. The van der Waals surface area contributed by atoms with Crippen molar-refractivity contribution in [1.29, 1.82) is 0 Å². The summed E-state index contributed by atoms with van der Waals surface area (Å²) in [7, 11) is 0. The summed E-state index contributed by atoms with van der Waals surface area (Å²) in [6.07, 6.45) is 4.40. The van der Waals surface area contributed by atoms with Gasteiger partial charge in [-0.2, -0.15) is 16.9 Å². The Morgan fingerprint density at radius 1 is 1.62 bits per heavy atom. The fourth-order valence-corrected chi connectivity index (χ4v) is 1.92. The standard InChI is InChI=1S/C11H19N3OS/c1-3-16-7-4-11(15)12-5-6-14-9-10(2)8-13-14/h8-9H,3-7H2,1-2H3,(H,12,15). The van der Waals surface area contributed by atoms with Gasteiger partial charge >= 0.3 is 0 Å². The van der Waals surface area contributed by atoms with E-state index in [9.17, 15) is 4.79 Å². The third kappa shape index (κ3) is 5.21. The molecule has 90 valence electrons. The van der Waals surface area contributed by atoms with Crippen LogP contribution in [-0.2, 0) is 11.3 Å². The molecule has 0 aliphatic heterocycles. The molecule has 1 aromatic rings. The Morgan fingerprint density at radius 3 is 3.06 bits per heavy atom. The van der Waals surface area contributed by atoms with Crippen LogP contribution in [0.5, 0.6) is 0 Å². The molecule has 0 aromatic carbocycles. The zero-order valence-electron chi connectivity index (χ0n) is 9.90. The maximum Gasteiger partial charge on any atom is 0.220 e. The molecule has 0 saturated carbocycles. The Labute approximate surface area is 101 Å². The molecule has 4 nitrogen and oxygen atoms in total. The fourth-order valence-electron chi connectivity index (χ4n) is 1.30. The molecule has 0 spiro atoms. The predicted octanol–water partition coefficient (Wildman–Crippen LogP) is 1.45. The molecule has 0 unspecified atom stereocenters. The van der Waals surface area contributed by atoms with Crippen LogP contribution >= 0.6 is 11.8 Å². The van der Waals surface area contributed by atoms with E-state index < -0.39 is 0 Å². The second kappa shape index (κ2) is 7.33. The number of hydrogen-bond acceptors (Lipinski definition) is 3. The molecule has 0 fully saturated rings. The summed E-state index contributed by atoms with van der Waals surface area (Å²) in [4.78, 5) is 11.4. The van der Waals surface area contributed by atoms with Gasteiger partial charge in [-0.3, -0.25) is 9.48 Å². The van der Waals surface area contributed by atoms with Crippen molar-refractivity contribution in [1.82, 2.24) is 15.1 Å². The van der Waals surface area contributed by atoms with Gasteiger partial charge in [0.15, 0.2) is 0 Å². The molecule has 1 rings (SSSR count). The smallest absolute Gasteiger partial charge is 0.220 e. The van der Waals surface area contributed by atoms with E-state index in [1.165, 1.54) is 0 Å². The Kier molecular flexibility index (Phi) is 6.00. The molecule has 1 amide bonds. The number of nitrogens with zero attached hydrogens (tertiary/aromatic N) is 2.